The van der Waals surface area contributed by atoms with Crippen molar-refractivity contribution < 1.29 is 9.18 Å². The second kappa shape index (κ2) is 7.23. The largest absolute Gasteiger partial charge is 0.355 e. The SMILES string of the molecule is O=C(C1CCN(c2ccc3nccn3n2)CC1)N1N=CC[C@H]1c1cncc(F)c1. The zero-order chi connectivity index (χ0) is 19.8. The molecule has 0 unspecified atom stereocenters. The van der Waals surface area contributed by atoms with Crippen molar-refractivity contribution in [1.82, 2.24) is 24.6 Å². The normalized spacial score (nSPS) is 20.0. The van der Waals surface area contributed by atoms with E-state index in [1.165, 1.54) is 11.1 Å². The average Bonchev–Trinajstić information content (AvgIpc) is 3.42. The molecule has 1 fully saturated rings. The molecule has 0 saturated carbocycles. The number of fused-ring (bicyclic) bond motifs is 1. The number of halogens is 1. The molecule has 3 aromatic heterocycles. The first-order valence-corrected chi connectivity index (χ1v) is 9.70. The number of hydrazone groups is 1. The third-order valence-electron chi connectivity index (χ3n) is 5.58. The first-order valence-electron chi connectivity index (χ1n) is 9.70. The Labute approximate surface area is 166 Å². The number of rotatable bonds is 3. The topological polar surface area (TPSA) is 79.0 Å². The summed E-state index contributed by atoms with van der Waals surface area (Å²) in [5.41, 5.74) is 1.48. The minimum Gasteiger partial charge on any atom is -0.355 e. The van der Waals surface area contributed by atoms with Gasteiger partial charge in [-0.25, -0.2) is 18.9 Å². The van der Waals surface area contributed by atoms with Crippen LogP contribution >= 0.6 is 0 Å². The molecule has 0 spiro atoms. The van der Waals surface area contributed by atoms with Gasteiger partial charge in [-0.3, -0.25) is 9.78 Å². The van der Waals surface area contributed by atoms with E-state index >= 15 is 0 Å². The molecule has 148 valence electrons. The summed E-state index contributed by atoms with van der Waals surface area (Å²) in [6, 6.07) is 5.04. The van der Waals surface area contributed by atoms with Crippen molar-refractivity contribution in [2.45, 2.75) is 25.3 Å². The smallest absolute Gasteiger partial charge is 0.246 e. The Morgan fingerprint density at radius 1 is 1.17 bits per heavy atom. The van der Waals surface area contributed by atoms with Gasteiger partial charge in [0, 0.05) is 50.2 Å². The van der Waals surface area contributed by atoms with Crippen LogP contribution in [-0.4, -0.2) is 49.8 Å². The number of nitrogens with zero attached hydrogens (tertiary/aromatic N) is 7. The van der Waals surface area contributed by atoms with Gasteiger partial charge in [0.2, 0.25) is 5.91 Å². The van der Waals surface area contributed by atoms with Crippen molar-refractivity contribution in [3.63, 3.8) is 0 Å². The summed E-state index contributed by atoms with van der Waals surface area (Å²) in [5, 5.41) is 10.4. The average molecular weight is 393 g/mol. The molecule has 5 heterocycles. The summed E-state index contributed by atoms with van der Waals surface area (Å²) in [5.74, 6) is 0.356. The minimum absolute atomic E-state index is 0.00863. The third kappa shape index (κ3) is 3.32. The first kappa shape index (κ1) is 17.7. The maximum atomic E-state index is 13.6. The van der Waals surface area contributed by atoms with Crippen LogP contribution in [0.5, 0.6) is 0 Å². The van der Waals surface area contributed by atoms with Gasteiger partial charge in [0.15, 0.2) is 5.65 Å². The molecular formula is C20H20FN7O. The molecule has 9 heteroatoms. The number of carbonyl (C=O) groups excluding carboxylic acids is 1. The lowest BCUT2D eigenvalue weighted by atomic mass is 9.94. The highest BCUT2D eigenvalue weighted by molar-refractivity contribution is 5.82. The minimum atomic E-state index is -0.405. The predicted octanol–water partition coefficient (Wildman–Crippen LogP) is 2.44. The molecule has 1 atom stereocenters. The second-order valence-corrected chi connectivity index (χ2v) is 7.35. The monoisotopic (exact) mass is 393 g/mol. The van der Waals surface area contributed by atoms with Crippen LogP contribution < -0.4 is 4.90 Å². The Hall–Kier alpha value is -3.36. The standard InChI is InChI=1S/C20H20FN7O/c21-16-11-15(12-22-13-16)17-3-6-24-28(17)20(29)14-4-8-26(9-5-14)19-2-1-18-23-7-10-27(18)25-19/h1-2,6-7,10-14,17H,3-5,8-9H2/t17-/m0/s1. The number of carbonyl (C=O) groups is 1. The van der Waals surface area contributed by atoms with E-state index in [9.17, 15) is 9.18 Å². The van der Waals surface area contributed by atoms with Gasteiger partial charge in [-0.15, -0.1) is 5.10 Å². The van der Waals surface area contributed by atoms with Crippen molar-refractivity contribution >= 4 is 23.6 Å². The molecule has 2 aliphatic heterocycles. The summed E-state index contributed by atoms with van der Waals surface area (Å²) in [6.45, 7) is 1.49. The number of aromatic nitrogens is 4. The quantitative estimate of drug-likeness (QED) is 0.683. The molecule has 0 aliphatic carbocycles. The van der Waals surface area contributed by atoms with Crippen molar-refractivity contribution in [1.29, 1.82) is 0 Å². The van der Waals surface area contributed by atoms with E-state index in [4.69, 9.17) is 0 Å². The van der Waals surface area contributed by atoms with Gasteiger partial charge >= 0.3 is 0 Å². The number of anilines is 1. The number of imidazole rings is 1. The van der Waals surface area contributed by atoms with E-state index in [2.05, 4.69) is 25.1 Å². The Kier molecular flexibility index (Phi) is 4.42. The van der Waals surface area contributed by atoms with Crippen LogP contribution in [0.3, 0.4) is 0 Å². The van der Waals surface area contributed by atoms with E-state index in [1.54, 1.807) is 23.1 Å². The van der Waals surface area contributed by atoms with Gasteiger partial charge in [0.05, 0.1) is 12.2 Å². The van der Waals surface area contributed by atoms with E-state index in [0.717, 1.165) is 43.6 Å². The number of hydrogen-bond donors (Lipinski definition) is 0. The highest BCUT2D eigenvalue weighted by Crippen LogP contribution is 2.32. The van der Waals surface area contributed by atoms with Crippen molar-refractivity contribution in [3.05, 3.63) is 54.4 Å². The molecule has 29 heavy (non-hydrogen) atoms. The van der Waals surface area contributed by atoms with Crippen LogP contribution in [0.2, 0.25) is 0 Å². The van der Waals surface area contributed by atoms with E-state index < -0.39 is 5.82 Å². The molecular weight excluding hydrogens is 373 g/mol. The lowest BCUT2D eigenvalue weighted by Gasteiger charge is -2.34. The Bertz CT molecular complexity index is 1070. The van der Waals surface area contributed by atoms with Crippen LogP contribution in [0.15, 0.2) is 48.1 Å². The highest BCUT2D eigenvalue weighted by Gasteiger charge is 2.35. The number of pyridine rings is 1. The van der Waals surface area contributed by atoms with Crippen LogP contribution in [0, 0.1) is 11.7 Å². The molecule has 5 rings (SSSR count). The summed E-state index contributed by atoms with van der Waals surface area (Å²) in [7, 11) is 0. The molecule has 2 aliphatic rings. The first-order chi connectivity index (χ1) is 14.2. The lowest BCUT2D eigenvalue weighted by molar-refractivity contribution is -0.138. The Morgan fingerprint density at radius 2 is 2.03 bits per heavy atom. The maximum Gasteiger partial charge on any atom is 0.246 e. The van der Waals surface area contributed by atoms with Crippen molar-refractivity contribution in [2.75, 3.05) is 18.0 Å². The molecule has 0 bridgehead atoms. The lowest BCUT2D eigenvalue weighted by Crippen LogP contribution is -2.41. The Morgan fingerprint density at radius 3 is 2.86 bits per heavy atom. The van der Waals surface area contributed by atoms with Gasteiger partial charge in [0.25, 0.3) is 0 Å². The molecule has 0 aromatic carbocycles. The Balaban J connectivity index is 1.26. The molecule has 8 nitrogen and oxygen atoms in total. The van der Waals surface area contributed by atoms with Gasteiger partial charge in [-0.1, -0.05) is 0 Å². The number of hydrogen-bond acceptors (Lipinski definition) is 6. The van der Waals surface area contributed by atoms with Gasteiger partial charge in [0.1, 0.15) is 11.6 Å². The second-order valence-electron chi connectivity index (χ2n) is 7.35. The van der Waals surface area contributed by atoms with Gasteiger partial charge in [-0.05, 0) is 36.6 Å². The van der Waals surface area contributed by atoms with Crippen LogP contribution in [-0.2, 0) is 4.79 Å². The van der Waals surface area contributed by atoms with Crippen LogP contribution in [0.1, 0.15) is 30.9 Å². The number of piperidine rings is 1. The van der Waals surface area contributed by atoms with Gasteiger partial charge < -0.3 is 4.90 Å². The summed E-state index contributed by atoms with van der Waals surface area (Å²) in [4.78, 5) is 23.4. The zero-order valence-electron chi connectivity index (χ0n) is 15.7. The van der Waals surface area contributed by atoms with Gasteiger partial charge in [-0.2, -0.15) is 5.10 Å². The molecule has 1 saturated heterocycles. The summed E-state index contributed by atoms with van der Waals surface area (Å²) in [6.07, 6.45) is 10.0. The third-order valence-corrected chi connectivity index (χ3v) is 5.58. The highest BCUT2D eigenvalue weighted by atomic mass is 19.1. The predicted molar refractivity (Wildman–Crippen MR) is 105 cm³/mol. The van der Waals surface area contributed by atoms with Crippen molar-refractivity contribution in [3.8, 4) is 0 Å². The fraction of sp³-hybridized carbons (Fsp3) is 0.350. The van der Waals surface area contributed by atoms with Crippen LogP contribution in [0.4, 0.5) is 10.2 Å². The van der Waals surface area contributed by atoms with E-state index in [0.29, 0.717) is 12.0 Å². The van der Waals surface area contributed by atoms with Crippen LogP contribution in [0.25, 0.3) is 5.65 Å². The fourth-order valence-electron chi connectivity index (χ4n) is 4.03. The number of amides is 1. The summed E-state index contributed by atoms with van der Waals surface area (Å²) < 4.78 is 15.3. The maximum absolute atomic E-state index is 13.6. The fourth-order valence-corrected chi connectivity index (χ4v) is 4.03. The molecule has 1 amide bonds. The zero-order valence-corrected chi connectivity index (χ0v) is 15.7. The van der Waals surface area contributed by atoms with E-state index in [1.807, 2.05) is 18.3 Å². The molecule has 0 radical (unpaired) electrons. The van der Waals surface area contributed by atoms with Crippen molar-refractivity contribution in [2.24, 2.45) is 11.0 Å². The summed E-state index contributed by atoms with van der Waals surface area (Å²) >= 11 is 0. The molecule has 3 aromatic rings. The van der Waals surface area contributed by atoms with E-state index in [-0.39, 0.29) is 17.9 Å². The molecule has 0 N–H and O–H groups in total.